The number of carboxylic acids is 1. The molecular formula is C14H22N4O3. The van der Waals surface area contributed by atoms with Gasteiger partial charge in [0.2, 0.25) is 0 Å². The van der Waals surface area contributed by atoms with E-state index in [1.54, 1.807) is 15.8 Å². The molecule has 2 amide bonds. The van der Waals surface area contributed by atoms with Gasteiger partial charge in [0.1, 0.15) is 0 Å². The zero-order valence-corrected chi connectivity index (χ0v) is 12.5. The van der Waals surface area contributed by atoms with Crippen molar-refractivity contribution in [3.05, 3.63) is 17.5 Å². The van der Waals surface area contributed by atoms with Gasteiger partial charge in [0.15, 0.2) is 0 Å². The highest BCUT2D eigenvalue weighted by Gasteiger charge is 2.24. The van der Waals surface area contributed by atoms with E-state index in [9.17, 15) is 9.59 Å². The second kappa shape index (κ2) is 6.60. The average molecular weight is 294 g/mol. The molecule has 7 heteroatoms. The molecule has 0 radical (unpaired) electrons. The van der Waals surface area contributed by atoms with Crippen LogP contribution in [0, 0.1) is 12.8 Å². The standard InChI is InChI=1S/C14H22N4O3/c1-10-12(9-16-17(10)2)8-15-14(21)18-5-3-11(4-6-18)7-13(19)20/h9,11H,3-8H2,1-2H3,(H,15,21)(H,19,20). The molecule has 1 saturated heterocycles. The van der Waals surface area contributed by atoms with Gasteiger partial charge in [-0.2, -0.15) is 5.10 Å². The van der Waals surface area contributed by atoms with Gasteiger partial charge < -0.3 is 15.3 Å². The van der Waals surface area contributed by atoms with Crippen molar-refractivity contribution < 1.29 is 14.7 Å². The maximum Gasteiger partial charge on any atom is 0.317 e. The fourth-order valence-corrected chi connectivity index (χ4v) is 2.59. The fourth-order valence-electron chi connectivity index (χ4n) is 2.59. The van der Waals surface area contributed by atoms with E-state index in [-0.39, 0.29) is 18.4 Å². The third kappa shape index (κ3) is 3.96. The lowest BCUT2D eigenvalue weighted by molar-refractivity contribution is -0.138. The molecule has 7 nitrogen and oxygen atoms in total. The van der Waals surface area contributed by atoms with E-state index in [4.69, 9.17) is 5.11 Å². The van der Waals surface area contributed by atoms with Gasteiger partial charge in [-0.05, 0) is 25.7 Å². The Kier molecular flexibility index (Phi) is 4.82. The molecule has 1 fully saturated rings. The van der Waals surface area contributed by atoms with Gasteiger partial charge in [0.25, 0.3) is 0 Å². The molecule has 1 aromatic rings. The molecular weight excluding hydrogens is 272 g/mol. The molecule has 2 heterocycles. The van der Waals surface area contributed by atoms with E-state index in [1.807, 2.05) is 14.0 Å². The van der Waals surface area contributed by atoms with Crippen LogP contribution in [-0.2, 0) is 18.4 Å². The minimum atomic E-state index is -0.759. The molecule has 21 heavy (non-hydrogen) atoms. The molecule has 1 aromatic heterocycles. The third-order valence-corrected chi connectivity index (χ3v) is 4.13. The lowest BCUT2D eigenvalue weighted by atomic mass is 9.94. The first-order valence-electron chi connectivity index (χ1n) is 7.19. The number of piperidine rings is 1. The molecule has 2 rings (SSSR count). The summed E-state index contributed by atoms with van der Waals surface area (Å²) in [5.74, 6) is -0.572. The van der Waals surface area contributed by atoms with Gasteiger partial charge in [0, 0.05) is 44.4 Å². The average Bonchev–Trinajstić information content (AvgIpc) is 2.76. The number of carbonyl (C=O) groups is 2. The first kappa shape index (κ1) is 15.3. The Hall–Kier alpha value is -2.05. The topological polar surface area (TPSA) is 87.5 Å². The van der Waals surface area contributed by atoms with Crippen LogP contribution in [0.25, 0.3) is 0 Å². The Morgan fingerprint density at radius 2 is 2.10 bits per heavy atom. The van der Waals surface area contributed by atoms with Crippen molar-refractivity contribution >= 4 is 12.0 Å². The number of hydrogen-bond donors (Lipinski definition) is 2. The first-order chi connectivity index (χ1) is 9.97. The largest absolute Gasteiger partial charge is 0.481 e. The number of carboxylic acid groups (broad SMARTS) is 1. The number of rotatable bonds is 4. The van der Waals surface area contributed by atoms with Crippen molar-refractivity contribution in [2.45, 2.75) is 32.7 Å². The van der Waals surface area contributed by atoms with Crippen molar-refractivity contribution in [1.82, 2.24) is 20.0 Å². The predicted octanol–water partition coefficient (Wildman–Crippen LogP) is 1.12. The summed E-state index contributed by atoms with van der Waals surface area (Å²) in [6.07, 6.45) is 3.47. The maximum absolute atomic E-state index is 12.1. The normalized spacial score (nSPS) is 16.0. The van der Waals surface area contributed by atoms with Crippen LogP contribution in [-0.4, -0.2) is 44.9 Å². The SMILES string of the molecule is Cc1c(CNC(=O)N2CCC(CC(=O)O)CC2)cnn1C. The molecule has 0 bridgehead atoms. The summed E-state index contributed by atoms with van der Waals surface area (Å²) >= 11 is 0. The van der Waals surface area contributed by atoms with Gasteiger partial charge in [-0.15, -0.1) is 0 Å². The summed E-state index contributed by atoms with van der Waals surface area (Å²) < 4.78 is 1.78. The van der Waals surface area contributed by atoms with Crippen LogP contribution in [0.15, 0.2) is 6.20 Å². The quantitative estimate of drug-likeness (QED) is 0.871. The Morgan fingerprint density at radius 1 is 1.43 bits per heavy atom. The van der Waals surface area contributed by atoms with Crippen molar-refractivity contribution in [1.29, 1.82) is 0 Å². The number of likely N-dealkylation sites (tertiary alicyclic amines) is 1. The number of hydrogen-bond acceptors (Lipinski definition) is 3. The van der Waals surface area contributed by atoms with E-state index < -0.39 is 5.97 Å². The maximum atomic E-state index is 12.1. The van der Waals surface area contributed by atoms with Gasteiger partial charge in [-0.1, -0.05) is 0 Å². The lowest BCUT2D eigenvalue weighted by Gasteiger charge is -2.31. The number of aryl methyl sites for hydroxylation is 1. The van der Waals surface area contributed by atoms with Crippen molar-refractivity contribution in [2.24, 2.45) is 13.0 Å². The zero-order valence-electron chi connectivity index (χ0n) is 12.5. The molecule has 0 saturated carbocycles. The van der Waals surface area contributed by atoms with Crippen LogP contribution in [0.2, 0.25) is 0 Å². The Morgan fingerprint density at radius 3 is 2.62 bits per heavy atom. The summed E-state index contributed by atoms with van der Waals surface area (Å²) in [6, 6.07) is -0.0907. The number of aliphatic carboxylic acids is 1. The second-order valence-corrected chi connectivity index (χ2v) is 5.57. The van der Waals surface area contributed by atoms with E-state index in [0.29, 0.717) is 19.6 Å². The number of amides is 2. The second-order valence-electron chi connectivity index (χ2n) is 5.57. The number of nitrogens with zero attached hydrogens (tertiary/aromatic N) is 3. The summed E-state index contributed by atoms with van der Waals surface area (Å²) in [5.41, 5.74) is 2.04. The third-order valence-electron chi connectivity index (χ3n) is 4.13. The van der Waals surface area contributed by atoms with Crippen molar-refractivity contribution in [2.75, 3.05) is 13.1 Å². The Balaban J connectivity index is 1.77. The number of aromatic nitrogens is 2. The fraction of sp³-hybridized carbons (Fsp3) is 0.643. The molecule has 1 aliphatic heterocycles. The van der Waals surface area contributed by atoms with Gasteiger partial charge in [-0.3, -0.25) is 9.48 Å². The van der Waals surface area contributed by atoms with Gasteiger partial charge in [0.05, 0.1) is 6.20 Å². The van der Waals surface area contributed by atoms with Gasteiger partial charge >= 0.3 is 12.0 Å². The van der Waals surface area contributed by atoms with Crippen LogP contribution >= 0.6 is 0 Å². The first-order valence-corrected chi connectivity index (χ1v) is 7.19. The molecule has 0 atom stereocenters. The Labute approximate surface area is 123 Å². The smallest absolute Gasteiger partial charge is 0.317 e. The minimum absolute atomic E-state index is 0.0907. The molecule has 1 aliphatic rings. The summed E-state index contributed by atoms with van der Waals surface area (Å²) in [7, 11) is 1.87. The van der Waals surface area contributed by atoms with Crippen LogP contribution in [0.3, 0.4) is 0 Å². The number of nitrogens with one attached hydrogen (secondary N) is 1. The summed E-state index contributed by atoms with van der Waals surface area (Å²) in [5, 5.41) is 15.8. The Bertz CT molecular complexity index is 518. The highest BCUT2D eigenvalue weighted by molar-refractivity contribution is 5.74. The van der Waals surface area contributed by atoms with Crippen molar-refractivity contribution in [3.8, 4) is 0 Å². The van der Waals surface area contributed by atoms with E-state index in [1.165, 1.54) is 0 Å². The van der Waals surface area contributed by atoms with Crippen LogP contribution in [0.1, 0.15) is 30.5 Å². The minimum Gasteiger partial charge on any atom is -0.481 e. The highest BCUT2D eigenvalue weighted by atomic mass is 16.4. The van der Waals surface area contributed by atoms with Crippen LogP contribution < -0.4 is 5.32 Å². The zero-order chi connectivity index (χ0) is 15.4. The van der Waals surface area contributed by atoms with Crippen LogP contribution in [0.5, 0.6) is 0 Å². The van der Waals surface area contributed by atoms with Gasteiger partial charge in [-0.25, -0.2) is 4.79 Å². The van der Waals surface area contributed by atoms with E-state index >= 15 is 0 Å². The number of carbonyl (C=O) groups excluding carboxylic acids is 1. The monoisotopic (exact) mass is 294 g/mol. The van der Waals surface area contributed by atoms with E-state index in [0.717, 1.165) is 24.1 Å². The summed E-state index contributed by atoms with van der Waals surface area (Å²) in [6.45, 7) is 3.67. The molecule has 0 spiro atoms. The molecule has 116 valence electrons. The molecule has 0 aliphatic carbocycles. The number of urea groups is 1. The van der Waals surface area contributed by atoms with Crippen LogP contribution in [0.4, 0.5) is 4.79 Å². The molecule has 2 N–H and O–H groups in total. The van der Waals surface area contributed by atoms with Crippen molar-refractivity contribution in [3.63, 3.8) is 0 Å². The lowest BCUT2D eigenvalue weighted by Crippen LogP contribution is -2.44. The molecule has 0 unspecified atom stereocenters. The van der Waals surface area contributed by atoms with E-state index in [2.05, 4.69) is 10.4 Å². The predicted molar refractivity (Wildman–Crippen MR) is 76.7 cm³/mol. The highest BCUT2D eigenvalue weighted by Crippen LogP contribution is 2.20. The molecule has 0 aromatic carbocycles. The summed E-state index contributed by atoms with van der Waals surface area (Å²) in [4.78, 5) is 24.5.